The number of sulfone groups is 1. The van der Waals surface area contributed by atoms with E-state index in [-0.39, 0.29) is 13.0 Å². The largest absolute Gasteiger partial charge is 0.494 e. The number of rotatable bonds is 11. The van der Waals surface area contributed by atoms with Crippen LogP contribution in [0, 0.1) is 0 Å². The van der Waals surface area contributed by atoms with E-state index in [1.54, 1.807) is 0 Å². The molecule has 3 N–H and O–H groups in total. The topological polar surface area (TPSA) is 125 Å². The van der Waals surface area contributed by atoms with Gasteiger partial charge in [0, 0.05) is 13.1 Å². The zero-order valence-corrected chi connectivity index (χ0v) is 18.4. The third-order valence-electron chi connectivity index (χ3n) is 5.64. The van der Waals surface area contributed by atoms with Crippen LogP contribution in [-0.2, 0) is 26.0 Å². The van der Waals surface area contributed by atoms with Crippen molar-refractivity contribution in [1.29, 1.82) is 0 Å². The van der Waals surface area contributed by atoms with Gasteiger partial charge in [-0.25, -0.2) is 8.42 Å². The molecule has 0 saturated carbocycles. The Bertz CT molecular complexity index is 870. The number of nitrogens with one attached hydrogen (secondary N) is 2. The van der Waals surface area contributed by atoms with E-state index in [9.17, 15) is 18.0 Å². The van der Waals surface area contributed by atoms with Crippen molar-refractivity contribution in [1.82, 2.24) is 15.5 Å². The fourth-order valence-corrected chi connectivity index (χ4v) is 5.86. The first-order chi connectivity index (χ1) is 14.8. The number of carbonyl (C=O) groups is 2. The summed E-state index contributed by atoms with van der Waals surface area (Å²) < 4.78 is 30.5. The Kier molecular flexibility index (Phi) is 8.28. The molecule has 2 aliphatic heterocycles. The van der Waals surface area contributed by atoms with E-state index in [0.29, 0.717) is 19.6 Å². The number of carboxylic acids is 1. The molecule has 0 bridgehead atoms. The summed E-state index contributed by atoms with van der Waals surface area (Å²) in [6, 6.07) is 6.81. The Balaban J connectivity index is 1.36. The van der Waals surface area contributed by atoms with E-state index in [2.05, 4.69) is 21.6 Å². The van der Waals surface area contributed by atoms with Crippen LogP contribution in [0.25, 0.3) is 0 Å². The van der Waals surface area contributed by atoms with Crippen LogP contribution in [-0.4, -0.2) is 80.1 Å². The summed E-state index contributed by atoms with van der Waals surface area (Å²) >= 11 is 0. The Morgan fingerprint density at radius 1 is 1.26 bits per heavy atom. The highest BCUT2D eigenvalue weighted by Gasteiger charge is 2.42. The Hall–Kier alpha value is -2.17. The fraction of sp³-hybridized carbons (Fsp3) is 0.619. The lowest BCUT2D eigenvalue weighted by Crippen LogP contribution is -2.45. The molecular formula is C21H31N3O6S. The molecule has 0 aromatic heterocycles. The van der Waals surface area contributed by atoms with Gasteiger partial charge in [-0.1, -0.05) is 12.1 Å². The van der Waals surface area contributed by atoms with Crippen molar-refractivity contribution in [3.63, 3.8) is 0 Å². The Morgan fingerprint density at radius 2 is 2.03 bits per heavy atom. The predicted molar refractivity (Wildman–Crippen MR) is 116 cm³/mol. The molecule has 1 aromatic carbocycles. The lowest BCUT2D eigenvalue weighted by atomic mass is 10.2. The van der Waals surface area contributed by atoms with Crippen molar-refractivity contribution in [2.75, 3.05) is 38.5 Å². The number of ether oxygens (including phenoxy) is 1. The molecule has 9 nitrogen and oxygen atoms in total. The van der Waals surface area contributed by atoms with Crippen LogP contribution >= 0.6 is 0 Å². The number of aliphatic carboxylic acids is 1. The Labute approximate surface area is 183 Å². The number of carbonyl (C=O) groups excluding carboxylic acids is 1. The van der Waals surface area contributed by atoms with Crippen molar-refractivity contribution < 1.29 is 27.9 Å². The van der Waals surface area contributed by atoms with Crippen molar-refractivity contribution in [3.05, 3.63) is 29.8 Å². The highest BCUT2D eigenvalue weighted by atomic mass is 32.2. The second-order valence-corrected chi connectivity index (χ2v) is 10.3. The molecule has 2 saturated heterocycles. The summed E-state index contributed by atoms with van der Waals surface area (Å²) in [6.45, 7) is 4.17. The number of hydrogen-bond donors (Lipinski definition) is 3. The van der Waals surface area contributed by atoms with Crippen LogP contribution in [0.3, 0.4) is 0 Å². The zero-order valence-electron chi connectivity index (χ0n) is 17.6. The minimum atomic E-state index is -3.84. The highest BCUT2D eigenvalue weighted by Crippen LogP contribution is 2.19. The van der Waals surface area contributed by atoms with Crippen LogP contribution in [0.2, 0.25) is 0 Å². The van der Waals surface area contributed by atoms with Gasteiger partial charge >= 0.3 is 5.97 Å². The van der Waals surface area contributed by atoms with Crippen molar-refractivity contribution in [3.8, 4) is 5.75 Å². The number of likely N-dealkylation sites (tertiary alicyclic amines) is 1. The molecule has 3 rings (SSSR count). The summed E-state index contributed by atoms with van der Waals surface area (Å²) in [5, 5.41) is 13.3. The number of carboxylic acid groups (broad SMARTS) is 1. The van der Waals surface area contributed by atoms with Gasteiger partial charge in [0.05, 0.1) is 11.9 Å². The second kappa shape index (κ2) is 10.9. The van der Waals surface area contributed by atoms with Crippen molar-refractivity contribution in [2.24, 2.45) is 0 Å². The molecule has 2 unspecified atom stereocenters. The quantitative estimate of drug-likeness (QED) is 0.411. The van der Waals surface area contributed by atoms with E-state index in [1.165, 1.54) is 18.4 Å². The summed E-state index contributed by atoms with van der Waals surface area (Å²) in [5.74, 6) is -1.77. The number of nitrogens with zero attached hydrogens (tertiary/aromatic N) is 1. The molecule has 2 aliphatic rings. The normalized spacial score (nSPS) is 21.8. The first-order valence-corrected chi connectivity index (χ1v) is 12.5. The van der Waals surface area contributed by atoms with E-state index in [1.807, 2.05) is 18.2 Å². The van der Waals surface area contributed by atoms with Crippen LogP contribution in [0.5, 0.6) is 5.75 Å². The van der Waals surface area contributed by atoms with E-state index in [0.717, 1.165) is 25.4 Å². The average molecular weight is 454 g/mol. The molecule has 1 aromatic rings. The Morgan fingerprint density at radius 3 is 2.77 bits per heavy atom. The van der Waals surface area contributed by atoms with E-state index >= 15 is 0 Å². The van der Waals surface area contributed by atoms with E-state index in [4.69, 9.17) is 9.84 Å². The van der Waals surface area contributed by atoms with Gasteiger partial charge in [0.1, 0.15) is 17.5 Å². The zero-order chi connectivity index (χ0) is 22.3. The van der Waals surface area contributed by atoms with Crippen LogP contribution in [0.4, 0.5) is 0 Å². The van der Waals surface area contributed by atoms with Crippen LogP contribution in [0.1, 0.15) is 31.2 Å². The number of benzene rings is 1. The maximum atomic E-state index is 12.4. The summed E-state index contributed by atoms with van der Waals surface area (Å²) in [5.41, 5.74) is 1.21. The minimum Gasteiger partial charge on any atom is -0.494 e. The van der Waals surface area contributed by atoms with Gasteiger partial charge in [0.2, 0.25) is 5.91 Å². The van der Waals surface area contributed by atoms with Gasteiger partial charge < -0.3 is 20.5 Å². The monoisotopic (exact) mass is 453 g/mol. The second-order valence-electron chi connectivity index (χ2n) is 8.09. The number of hydrogen-bond acceptors (Lipinski definition) is 7. The standard InChI is InChI=1S/C21H31N3O6S/c25-19(15-31(28,29)18-7-9-23-20(18)21(26)27)22-8-4-12-30-17-6-3-5-16(13-17)14-24-10-1-2-11-24/h3,5-6,13,18,20,23H,1-2,4,7-12,14-15H2,(H,22,25)(H,26,27). The summed E-state index contributed by atoms with van der Waals surface area (Å²) in [6.07, 6.45) is 3.23. The average Bonchev–Trinajstić information content (AvgIpc) is 3.40. The molecule has 1 amide bonds. The van der Waals surface area contributed by atoms with Crippen molar-refractivity contribution in [2.45, 2.75) is 43.5 Å². The van der Waals surface area contributed by atoms with Crippen LogP contribution in [0.15, 0.2) is 24.3 Å². The lowest BCUT2D eigenvalue weighted by molar-refractivity contribution is -0.139. The molecule has 0 spiro atoms. The van der Waals surface area contributed by atoms with Crippen molar-refractivity contribution >= 4 is 21.7 Å². The molecule has 10 heteroatoms. The molecule has 2 heterocycles. The van der Waals surface area contributed by atoms with Crippen LogP contribution < -0.4 is 15.4 Å². The highest BCUT2D eigenvalue weighted by molar-refractivity contribution is 7.92. The molecule has 31 heavy (non-hydrogen) atoms. The maximum Gasteiger partial charge on any atom is 0.322 e. The molecule has 2 fully saturated rings. The molecule has 0 aliphatic carbocycles. The minimum absolute atomic E-state index is 0.192. The maximum absolute atomic E-state index is 12.4. The molecular weight excluding hydrogens is 422 g/mol. The van der Waals surface area contributed by atoms with Gasteiger partial charge in [-0.05, 0) is 63.0 Å². The van der Waals surface area contributed by atoms with Gasteiger partial charge in [0.25, 0.3) is 0 Å². The third kappa shape index (κ3) is 6.91. The SMILES string of the molecule is O=C(CS(=O)(=O)C1CCNC1C(=O)O)NCCCOc1cccc(CN2CCCC2)c1. The van der Waals surface area contributed by atoms with Gasteiger partial charge in [-0.2, -0.15) is 0 Å². The number of amides is 1. The van der Waals surface area contributed by atoms with Gasteiger partial charge in [-0.3, -0.25) is 14.5 Å². The fourth-order valence-electron chi connectivity index (χ4n) is 4.08. The third-order valence-corrected chi connectivity index (χ3v) is 7.73. The molecule has 0 radical (unpaired) electrons. The molecule has 2 atom stereocenters. The lowest BCUT2D eigenvalue weighted by Gasteiger charge is -2.16. The predicted octanol–water partition coefficient (Wildman–Crippen LogP) is 0.397. The summed E-state index contributed by atoms with van der Waals surface area (Å²) in [4.78, 5) is 25.6. The first kappa shape index (κ1) is 23.5. The van der Waals surface area contributed by atoms with Gasteiger partial charge in [-0.15, -0.1) is 0 Å². The molecule has 172 valence electrons. The van der Waals surface area contributed by atoms with Gasteiger partial charge in [0.15, 0.2) is 9.84 Å². The van der Waals surface area contributed by atoms with E-state index < -0.39 is 38.8 Å². The summed E-state index contributed by atoms with van der Waals surface area (Å²) in [7, 11) is -3.84. The smallest absolute Gasteiger partial charge is 0.322 e. The first-order valence-electron chi connectivity index (χ1n) is 10.7.